The number of anilines is 2. The zero-order valence-corrected chi connectivity index (χ0v) is 10.3. The van der Waals surface area contributed by atoms with Crippen LogP contribution in [-0.4, -0.2) is 16.1 Å². The van der Waals surface area contributed by atoms with Gasteiger partial charge in [-0.1, -0.05) is 0 Å². The number of benzene rings is 1. The van der Waals surface area contributed by atoms with Gasteiger partial charge in [0.1, 0.15) is 0 Å². The molecule has 1 amide bonds. The topological polar surface area (TPSA) is 83.8 Å². The smallest absolute Gasteiger partial charge is 0.259 e. The summed E-state index contributed by atoms with van der Waals surface area (Å²) in [5.74, 6) is -2.55. The summed E-state index contributed by atoms with van der Waals surface area (Å²) in [7, 11) is 0. The summed E-state index contributed by atoms with van der Waals surface area (Å²) in [4.78, 5) is 11.9. The Morgan fingerprint density at radius 3 is 2.53 bits per heavy atom. The Kier molecular flexibility index (Phi) is 3.20. The first kappa shape index (κ1) is 13.0. The second kappa shape index (κ2) is 4.68. The van der Waals surface area contributed by atoms with Crippen LogP contribution in [-0.2, 0) is 0 Å². The van der Waals surface area contributed by atoms with E-state index in [1.54, 1.807) is 13.8 Å². The number of hydrogen-bond acceptors (Lipinski definition) is 3. The molecular formula is C12H12F2N4O. The number of nitrogen functional groups attached to an aromatic ring is 1. The number of nitrogens with one attached hydrogen (secondary N) is 2. The molecule has 0 bridgehead atoms. The minimum atomic E-state index is -1.13. The van der Waals surface area contributed by atoms with Gasteiger partial charge in [0.25, 0.3) is 5.91 Å². The highest BCUT2D eigenvalue weighted by atomic mass is 19.2. The summed E-state index contributed by atoms with van der Waals surface area (Å²) < 4.78 is 26.0. The predicted molar refractivity (Wildman–Crippen MR) is 66.8 cm³/mol. The first-order valence-electron chi connectivity index (χ1n) is 5.47. The van der Waals surface area contributed by atoms with Crippen molar-refractivity contribution in [2.75, 3.05) is 11.1 Å². The van der Waals surface area contributed by atoms with Crippen molar-refractivity contribution >= 4 is 17.4 Å². The molecule has 1 heterocycles. The Morgan fingerprint density at radius 1 is 1.32 bits per heavy atom. The van der Waals surface area contributed by atoms with Crippen molar-refractivity contribution in [3.8, 4) is 0 Å². The van der Waals surface area contributed by atoms with Gasteiger partial charge >= 0.3 is 0 Å². The first-order chi connectivity index (χ1) is 8.90. The third kappa shape index (κ3) is 2.40. The molecule has 1 aromatic carbocycles. The van der Waals surface area contributed by atoms with Gasteiger partial charge in [0.05, 0.1) is 5.56 Å². The SMILES string of the molecule is Cc1[nH]nc(NC(=O)c2cc(F)c(F)cc2N)c1C. The third-order valence-electron chi connectivity index (χ3n) is 2.82. The number of halogens is 2. The van der Waals surface area contributed by atoms with Gasteiger partial charge in [-0.3, -0.25) is 9.89 Å². The van der Waals surface area contributed by atoms with Crippen molar-refractivity contribution in [2.45, 2.75) is 13.8 Å². The van der Waals surface area contributed by atoms with E-state index >= 15 is 0 Å². The number of carbonyl (C=O) groups excluding carboxylic acids is 1. The van der Waals surface area contributed by atoms with Crippen LogP contribution < -0.4 is 11.1 Å². The lowest BCUT2D eigenvalue weighted by atomic mass is 10.1. The average molecular weight is 266 g/mol. The standard InChI is InChI=1S/C12H12F2N4O/c1-5-6(2)17-18-11(5)16-12(19)7-3-8(13)9(14)4-10(7)15/h3-4H,15H2,1-2H3,(H2,16,17,18,19). The normalized spacial score (nSPS) is 10.5. The highest BCUT2D eigenvalue weighted by Gasteiger charge is 2.16. The summed E-state index contributed by atoms with van der Waals surface area (Å²) in [6.07, 6.45) is 0. The Labute approximate surface area is 107 Å². The maximum atomic E-state index is 13.1. The number of rotatable bonds is 2. The number of aryl methyl sites for hydroxylation is 1. The van der Waals surface area contributed by atoms with Crippen LogP contribution in [0.1, 0.15) is 21.6 Å². The molecule has 7 heteroatoms. The molecule has 0 aliphatic carbocycles. The van der Waals surface area contributed by atoms with Gasteiger partial charge < -0.3 is 11.1 Å². The van der Waals surface area contributed by atoms with E-state index < -0.39 is 17.5 Å². The number of aromatic nitrogens is 2. The number of amides is 1. The zero-order chi connectivity index (χ0) is 14.2. The van der Waals surface area contributed by atoms with Gasteiger partial charge in [0.15, 0.2) is 17.5 Å². The Bertz CT molecular complexity index is 651. The summed E-state index contributed by atoms with van der Waals surface area (Å²) >= 11 is 0. The van der Waals surface area contributed by atoms with E-state index in [0.29, 0.717) is 5.82 Å². The van der Waals surface area contributed by atoms with Gasteiger partial charge in [0.2, 0.25) is 0 Å². The lowest BCUT2D eigenvalue weighted by molar-refractivity contribution is 0.102. The minimum Gasteiger partial charge on any atom is -0.398 e. The molecule has 5 nitrogen and oxygen atoms in total. The number of H-pyrrole nitrogens is 1. The number of aromatic amines is 1. The Balaban J connectivity index is 2.30. The summed E-state index contributed by atoms with van der Waals surface area (Å²) in [6, 6.07) is 1.53. The van der Waals surface area contributed by atoms with E-state index in [1.807, 2.05) is 0 Å². The number of nitrogens with two attached hydrogens (primary N) is 1. The number of carbonyl (C=O) groups is 1. The van der Waals surface area contributed by atoms with Crippen LogP contribution in [0.4, 0.5) is 20.3 Å². The second-order valence-corrected chi connectivity index (χ2v) is 4.13. The highest BCUT2D eigenvalue weighted by Crippen LogP contribution is 2.20. The molecule has 0 atom stereocenters. The van der Waals surface area contributed by atoms with Crippen molar-refractivity contribution < 1.29 is 13.6 Å². The Hall–Kier alpha value is -2.44. The largest absolute Gasteiger partial charge is 0.398 e. The molecule has 0 unspecified atom stereocenters. The molecule has 0 aliphatic rings. The van der Waals surface area contributed by atoms with Crippen molar-refractivity contribution in [1.82, 2.24) is 10.2 Å². The fraction of sp³-hybridized carbons (Fsp3) is 0.167. The van der Waals surface area contributed by atoms with Crippen LogP contribution in [0.5, 0.6) is 0 Å². The van der Waals surface area contributed by atoms with Crippen LogP contribution in [0.25, 0.3) is 0 Å². The van der Waals surface area contributed by atoms with E-state index in [2.05, 4.69) is 15.5 Å². The van der Waals surface area contributed by atoms with Crippen LogP contribution in [0.15, 0.2) is 12.1 Å². The average Bonchev–Trinajstić information content (AvgIpc) is 2.65. The maximum Gasteiger partial charge on any atom is 0.259 e. The minimum absolute atomic E-state index is 0.138. The van der Waals surface area contributed by atoms with Crippen molar-refractivity contribution in [3.05, 3.63) is 40.6 Å². The summed E-state index contributed by atoms with van der Waals surface area (Å²) in [6.45, 7) is 3.56. The van der Waals surface area contributed by atoms with E-state index in [9.17, 15) is 13.6 Å². The Morgan fingerprint density at radius 2 is 1.95 bits per heavy atom. The molecule has 100 valence electrons. The fourth-order valence-electron chi connectivity index (χ4n) is 1.54. The molecule has 2 aromatic rings. The quantitative estimate of drug-likeness (QED) is 0.728. The molecule has 0 saturated carbocycles. The van der Waals surface area contributed by atoms with Crippen molar-refractivity contribution in [3.63, 3.8) is 0 Å². The number of hydrogen-bond donors (Lipinski definition) is 3. The van der Waals surface area contributed by atoms with Crippen LogP contribution in [0, 0.1) is 25.5 Å². The molecule has 0 fully saturated rings. The fourth-order valence-corrected chi connectivity index (χ4v) is 1.54. The zero-order valence-electron chi connectivity index (χ0n) is 10.3. The third-order valence-corrected chi connectivity index (χ3v) is 2.82. The van der Waals surface area contributed by atoms with Gasteiger partial charge in [-0.2, -0.15) is 5.10 Å². The van der Waals surface area contributed by atoms with E-state index in [-0.39, 0.29) is 11.3 Å². The molecule has 2 rings (SSSR count). The second-order valence-electron chi connectivity index (χ2n) is 4.13. The highest BCUT2D eigenvalue weighted by molar-refractivity contribution is 6.07. The molecule has 1 aromatic heterocycles. The van der Waals surface area contributed by atoms with Gasteiger partial charge in [-0.25, -0.2) is 8.78 Å². The van der Waals surface area contributed by atoms with E-state index in [0.717, 1.165) is 23.4 Å². The molecule has 4 N–H and O–H groups in total. The predicted octanol–water partition coefficient (Wildman–Crippen LogP) is 2.14. The van der Waals surface area contributed by atoms with E-state index in [4.69, 9.17) is 5.73 Å². The van der Waals surface area contributed by atoms with Crippen LogP contribution >= 0.6 is 0 Å². The lowest BCUT2D eigenvalue weighted by Gasteiger charge is -2.07. The maximum absolute atomic E-state index is 13.1. The summed E-state index contributed by atoms with van der Waals surface area (Å²) in [5, 5.41) is 9.07. The van der Waals surface area contributed by atoms with Crippen LogP contribution in [0.2, 0.25) is 0 Å². The van der Waals surface area contributed by atoms with E-state index in [1.165, 1.54) is 0 Å². The first-order valence-corrected chi connectivity index (χ1v) is 5.47. The summed E-state index contributed by atoms with van der Waals surface area (Å²) in [5.41, 5.74) is 6.77. The molecule has 0 spiro atoms. The van der Waals surface area contributed by atoms with Gasteiger partial charge in [-0.05, 0) is 19.9 Å². The molecular weight excluding hydrogens is 254 g/mol. The lowest BCUT2D eigenvalue weighted by Crippen LogP contribution is -2.15. The molecule has 0 aliphatic heterocycles. The molecule has 0 radical (unpaired) electrons. The monoisotopic (exact) mass is 266 g/mol. The van der Waals surface area contributed by atoms with Gasteiger partial charge in [0, 0.05) is 23.0 Å². The molecule has 19 heavy (non-hydrogen) atoms. The molecule has 0 saturated heterocycles. The van der Waals surface area contributed by atoms with Crippen LogP contribution in [0.3, 0.4) is 0 Å². The number of nitrogens with zero attached hydrogens (tertiary/aromatic N) is 1. The van der Waals surface area contributed by atoms with Gasteiger partial charge in [-0.15, -0.1) is 0 Å². The van der Waals surface area contributed by atoms with Crippen molar-refractivity contribution in [2.24, 2.45) is 0 Å². The van der Waals surface area contributed by atoms with Crippen molar-refractivity contribution in [1.29, 1.82) is 0 Å².